The average Bonchev–Trinajstić information content (AvgIpc) is 3.15. The summed E-state index contributed by atoms with van der Waals surface area (Å²) in [4.78, 5) is 4.72. The molecule has 1 fully saturated rings. The molecule has 0 N–H and O–H groups in total. The number of nitrogens with zero attached hydrogens (tertiary/aromatic N) is 2. The largest absolute Gasteiger partial charge is 0.324 e. The van der Waals surface area contributed by atoms with Gasteiger partial charge in [0, 0.05) is 11.1 Å². The smallest absolute Gasteiger partial charge is 0.127 e. The lowest BCUT2D eigenvalue weighted by Crippen LogP contribution is -2.13. The van der Waals surface area contributed by atoms with Crippen LogP contribution < -0.4 is 0 Å². The van der Waals surface area contributed by atoms with Gasteiger partial charge in [0.15, 0.2) is 0 Å². The molecule has 2 atom stereocenters. The molecule has 0 amide bonds. The second kappa shape index (κ2) is 5.57. The minimum absolute atomic E-state index is 0.0885. The fourth-order valence-corrected chi connectivity index (χ4v) is 3.27. The summed E-state index contributed by atoms with van der Waals surface area (Å²) in [7, 11) is 0. The van der Waals surface area contributed by atoms with E-state index in [4.69, 9.17) is 28.2 Å². The van der Waals surface area contributed by atoms with Crippen molar-refractivity contribution in [2.24, 2.45) is 5.92 Å². The number of halogens is 2. The molecule has 1 aliphatic carbocycles. The lowest BCUT2D eigenvalue weighted by atomic mass is 10.1. The molecule has 1 aromatic heterocycles. The van der Waals surface area contributed by atoms with Gasteiger partial charge in [-0.25, -0.2) is 4.98 Å². The van der Waals surface area contributed by atoms with E-state index in [1.807, 2.05) is 19.1 Å². The van der Waals surface area contributed by atoms with Crippen LogP contribution in [0.4, 0.5) is 0 Å². The fraction of sp³-hybridized carbons (Fsp3) is 0.562. The van der Waals surface area contributed by atoms with E-state index in [0.717, 1.165) is 34.2 Å². The van der Waals surface area contributed by atoms with E-state index < -0.39 is 0 Å². The average molecular weight is 311 g/mol. The molecule has 1 aliphatic rings. The van der Waals surface area contributed by atoms with E-state index in [0.29, 0.717) is 6.04 Å². The zero-order chi connectivity index (χ0) is 14.3. The highest BCUT2D eigenvalue weighted by Crippen LogP contribution is 2.40. The highest BCUT2D eigenvalue weighted by Gasteiger charge is 2.28. The molecule has 2 nitrogen and oxygen atoms in total. The number of alkyl halides is 1. The van der Waals surface area contributed by atoms with Gasteiger partial charge >= 0.3 is 0 Å². The van der Waals surface area contributed by atoms with Crippen molar-refractivity contribution < 1.29 is 0 Å². The summed E-state index contributed by atoms with van der Waals surface area (Å²) in [6.07, 6.45) is 5.10. The van der Waals surface area contributed by atoms with Crippen molar-refractivity contribution >= 4 is 34.2 Å². The molecule has 1 saturated carbocycles. The molecule has 0 saturated heterocycles. The maximum atomic E-state index is 6.36. The van der Waals surface area contributed by atoms with Crippen LogP contribution in [-0.2, 0) is 0 Å². The van der Waals surface area contributed by atoms with Crippen molar-refractivity contribution in [3.8, 4) is 0 Å². The van der Waals surface area contributed by atoms with Gasteiger partial charge in [-0.15, -0.1) is 11.6 Å². The minimum Gasteiger partial charge on any atom is -0.324 e. The zero-order valence-electron chi connectivity index (χ0n) is 11.9. The van der Waals surface area contributed by atoms with Crippen molar-refractivity contribution in [1.82, 2.24) is 9.55 Å². The standard InChI is InChI=1S/C16H20Cl2N2/c1-3-13(8-11-4-5-11)20-15-7-6-12(18)9-14(15)19-16(20)10(2)17/h6-7,9-11,13H,3-5,8H2,1-2H3. The lowest BCUT2D eigenvalue weighted by Gasteiger charge is -2.21. The van der Waals surface area contributed by atoms with Gasteiger partial charge in [0.25, 0.3) is 0 Å². The van der Waals surface area contributed by atoms with Gasteiger partial charge in [0.05, 0.1) is 16.4 Å². The number of aromatic nitrogens is 2. The van der Waals surface area contributed by atoms with E-state index in [-0.39, 0.29) is 5.38 Å². The Bertz CT molecular complexity index is 614. The van der Waals surface area contributed by atoms with Gasteiger partial charge in [-0.1, -0.05) is 31.4 Å². The Hall–Kier alpha value is -0.730. The van der Waals surface area contributed by atoms with E-state index in [1.165, 1.54) is 19.3 Å². The Morgan fingerprint density at radius 1 is 1.40 bits per heavy atom. The van der Waals surface area contributed by atoms with E-state index >= 15 is 0 Å². The molecule has 1 heterocycles. The number of fused-ring (bicyclic) bond motifs is 1. The van der Waals surface area contributed by atoms with Crippen molar-refractivity contribution in [3.05, 3.63) is 29.0 Å². The molecule has 2 unspecified atom stereocenters. The van der Waals surface area contributed by atoms with E-state index in [2.05, 4.69) is 17.6 Å². The molecular formula is C16H20Cl2N2. The molecule has 0 spiro atoms. The van der Waals surface area contributed by atoms with Crippen molar-refractivity contribution in [3.63, 3.8) is 0 Å². The third-order valence-corrected chi connectivity index (χ3v) is 4.60. The van der Waals surface area contributed by atoms with Gasteiger partial charge in [0.2, 0.25) is 0 Å². The third kappa shape index (κ3) is 2.68. The summed E-state index contributed by atoms with van der Waals surface area (Å²) in [6.45, 7) is 4.24. The molecule has 108 valence electrons. The van der Waals surface area contributed by atoms with Crippen LogP contribution in [0, 0.1) is 5.92 Å². The summed E-state index contributed by atoms with van der Waals surface area (Å²) in [6, 6.07) is 6.43. The molecule has 4 heteroatoms. The Morgan fingerprint density at radius 2 is 2.15 bits per heavy atom. The minimum atomic E-state index is -0.0885. The predicted molar refractivity (Wildman–Crippen MR) is 85.7 cm³/mol. The van der Waals surface area contributed by atoms with E-state index in [9.17, 15) is 0 Å². The zero-order valence-corrected chi connectivity index (χ0v) is 13.5. The Morgan fingerprint density at radius 3 is 2.75 bits per heavy atom. The highest BCUT2D eigenvalue weighted by atomic mass is 35.5. The Labute approximate surface area is 130 Å². The first-order valence-corrected chi connectivity index (χ1v) is 8.23. The maximum Gasteiger partial charge on any atom is 0.127 e. The Kier molecular flexibility index (Phi) is 3.96. The van der Waals surface area contributed by atoms with Crippen LogP contribution >= 0.6 is 23.2 Å². The maximum absolute atomic E-state index is 6.36. The lowest BCUT2D eigenvalue weighted by molar-refractivity contribution is 0.425. The first kappa shape index (κ1) is 14.2. The van der Waals surface area contributed by atoms with Gasteiger partial charge < -0.3 is 4.57 Å². The number of imidazole rings is 1. The van der Waals surface area contributed by atoms with Crippen molar-refractivity contribution in [2.45, 2.75) is 50.9 Å². The SMILES string of the molecule is CCC(CC1CC1)n1c(C(C)Cl)nc2cc(Cl)ccc21. The van der Waals surface area contributed by atoms with Gasteiger partial charge in [-0.2, -0.15) is 0 Å². The number of hydrogen-bond donors (Lipinski definition) is 0. The highest BCUT2D eigenvalue weighted by molar-refractivity contribution is 6.31. The van der Waals surface area contributed by atoms with Crippen LogP contribution in [-0.4, -0.2) is 9.55 Å². The van der Waals surface area contributed by atoms with Crippen LogP contribution in [0.1, 0.15) is 56.8 Å². The molecule has 1 aromatic carbocycles. The van der Waals surface area contributed by atoms with Crippen LogP contribution in [0.5, 0.6) is 0 Å². The Balaban J connectivity index is 2.11. The molecular weight excluding hydrogens is 291 g/mol. The molecule has 3 rings (SSSR count). The van der Waals surface area contributed by atoms with Gasteiger partial charge in [-0.05, 0) is 43.9 Å². The molecule has 0 radical (unpaired) electrons. The number of rotatable bonds is 5. The van der Waals surface area contributed by atoms with Crippen molar-refractivity contribution in [1.29, 1.82) is 0 Å². The monoisotopic (exact) mass is 310 g/mol. The summed E-state index contributed by atoms with van der Waals surface area (Å²) < 4.78 is 2.35. The van der Waals surface area contributed by atoms with Crippen LogP contribution in [0.3, 0.4) is 0 Å². The van der Waals surface area contributed by atoms with Crippen LogP contribution in [0.15, 0.2) is 18.2 Å². The predicted octanol–water partition coefficient (Wildman–Crippen LogP) is 5.74. The van der Waals surface area contributed by atoms with Gasteiger partial charge in [-0.3, -0.25) is 0 Å². The van der Waals surface area contributed by atoms with Crippen LogP contribution in [0.2, 0.25) is 5.02 Å². The second-order valence-electron chi connectivity index (χ2n) is 5.83. The van der Waals surface area contributed by atoms with Gasteiger partial charge in [0.1, 0.15) is 5.82 Å². The first-order valence-electron chi connectivity index (χ1n) is 7.41. The summed E-state index contributed by atoms with van der Waals surface area (Å²) in [5.74, 6) is 1.86. The fourth-order valence-electron chi connectivity index (χ4n) is 2.95. The first-order chi connectivity index (χ1) is 9.60. The summed E-state index contributed by atoms with van der Waals surface area (Å²) in [5, 5.41) is 0.639. The summed E-state index contributed by atoms with van der Waals surface area (Å²) >= 11 is 12.4. The normalized spacial score (nSPS) is 18.4. The second-order valence-corrected chi connectivity index (χ2v) is 6.92. The van der Waals surface area contributed by atoms with Crippen LogP contribution in [0.25, 0.3) is 11.0 Å². The molecule has 0 bridgehead atoms. The molecule has 0 aliphatic heterocycles. The summed E-state index contributed by atoms with van der Waals surface area (Å²) in [5.41, 5.74) is 2.11. The molecule has 20 heavy (non-hydrogen) atoms. The number of benzene rings is 1. The van der Waals surface area contributed by atoms with E-state index in [1.54, 1.807) is 0 Å². The quantitative estimate of drug-likeness (QED) is 0.644. The number of hydrogen-bond acceptors (Lipinski definition) is 1. The topological polar surface area (TPSA) is 17.8 Å². The molecule has 2 aromatic rings. The van der Waals surface area contributed by atoms with Crippen molar-refractivity contribution in [2.75, 3.05) is 0 Å². The third-order valence-electron chi connectivity index (χ3n) is 4.17.